The Morgan fingerprint density at radius 1 is 1.38 bits per heavy atom. The number of nitriles is 1. The van der Waals surface area contributed by atoms with Crippen LogP contribution in [0.2, 0.25) is 0 Å². The maximum atomic E-state index is 13.0. The first kappa shape index (κ1) is 18.2. The molecule has 130 valence electrons. The molecule has 0 saturated heterocycles. The van der Waals surface area contributed by atoms with Crippen LogP contribution in [0.4, 0.5) is 13.2 Å². The molecule has 0 spiro atoms. The lowest BCUT2D eigenvalue weighted by molar-refractivity contribution is -0.187. The highest BCUT2D eigenvalue weighted by Crippen LogP contribution is 2.40. The summed E-state index contributed by atoms with van der Waals surface area (Å²) >= 11 is 0. The van der Waals surface area contributed by atoms with E-state index in [0.717, 1.165) is 0 Å². The molecule has 0 aliphatic heterocycles. The van der Waals surface area contributed by atoms with Crippen molar-refractivity contribution in [3.05, 3.63) is 30.1 Å². The van der Waals surface area contributed by atoms with Crippen LogP contribution < -0.4 is 0 Å². The van der Waals surface area contributed by atoms with Crippen LogP contribution >= 0.6 is 0 Å². The van der Waals surface area contributed by atoms with Gasteiger partial charge in [0.25, 0.3) is 0 Å². The van der Waals surface area contributed by atoms with Crippen molar-refractivity contribution < 1.29 is 18.0 Å². The molecule has 1 heterocycles. The van der Waals surface area contributed by atoms with Gasteiger partial charge in [0.2, 0.25) is 5.91 Å². The molecule has 1 fully saturated rings. The van der Waals surface area contributed by atoms with Crippen LogP contribution in [0.5, 0.6) is 0 Å². The van der Waals surface area contributed by atoms with Crippen molar-refractivity contribution in [1.29, 1.82) is 5.26 Å². The molecule has 1 aliphatic rings. The molecule has 2 atom stereocenters. The lowest BCUT2D eigenvalue weighted by atomic mass is 9.80. The van der Waals surface area contributed by atoms with E-state index in [1.807, 2.05) is 6.07 Å². The number of carbonyl (C=O) groups is 1. The Labute approximate surface area is 139 Å². The summed E-state index contributed by atoms with van der Waals surface area (Å²) in [6.45, 7) is 0.424. The molecule has 0 N–H and O–H groups in total. The molecule has 0 radical (unpaired) electrons. The Kier molecular flexibility index (Phi) is 6.18. The summed E-state index contributed by atoms with van der Waals surface area (Å²) in [5.41, 5.74) is 0.659. The van der Waals surface area contributed by atoms with Crippen molar-refractivity contribution in [3.8, 4) is 6.07 Å². The highest BCUT2D eigenvalue weighted by molar-refractivity contribution is 5.79. The number of alkyl halides is 3. The number of nitrogens with zero attached hydrogens (tertiary/aromatic N) is 3. The standard InChI is InChI=1S/C17H20F3N3O/c18-17(19,20)14-6-3-5-13(11-14)16(24)23(10-4-8-21)12-15-7-1-2-9-22-15/h1-2,7,9,13-14H,3-6,10-12H2. The van der Waals surface area contributed by atoms with Crippen LogP contribution in [0.1, 0.15) is 37.8 Å². The zero-order valence-electron chi connectivity index (χ0n) is 13.3. The maximum absolute atomic E-state index is 13.0. The molecule has 0 aromatic carbocycles. The van der Waals surface area contributed by atoms with Crippen LogP contribution in [-0.2, 0) is 11.3 Å². The fraction of sp³-hybridized carbons (Fsp3) is 0.588. The zero-order valence-corrected chi connectivity index (χ0v) is 13.3. The van der Waals surface area contributed by atoms with Gasteiger partial charge in [0.05, 0.1) is 30.6 Å². The van der Waals surface area contributed by atoms with Crippen LogP contribution in [0.25, 0.3) is 0 Å². The summed E-state index contributed by atoms with van der Waals surface area (Å²) in [6.07, 6.45) is -1.71. The summed E-state index contributed by atoms with van der Waals surface area (Å²) in [6, 6.07) is 7.27. The Morgan fingerprint density at radius 2 is 2.17 bits per heavy atom. The summed E-state index contributed by atoms with van der Waals surface area (Å²) in [4.78, 5) is 18.3. The number of pyridine rings is 1. The van der Waals surface area contributed by atoms with E-state index in [-0.39, 0.29) is 38.3 Å². The molecule has 7 heteroatoms. The topological polar surface area (TPSA) is 57.0 Å². The van der Waals surface area contributed by atoms with Gasteiger partial charge in [-0.2, -0.15) is 18.4 Å². The number of halogens is 3. The Morgan fingerprint density at radius 3 is 2.79 bits per heavy atom. The molecule has 1 aliphatic carbocycles. The third-order valence-corrected chi connectivity index (χ3v) is 4.37. The van der Waals surface area contributed by atoms with E-state index >= 15 is 0 Å². The minimum Gasteiger partial charge on any atom is -0.336 e. The molecule has 24 heavy (non-hydrogen) atoms. The van der Waals surface area contributed by atoms with Crippen molar-refractivity contribution in [2.45, 2.75) is 44.8 Å². The van der Waals surface area contributed by atoms with Gasteiger partial charge in [-0.25, -0.2) is 0 Å². The van der Waals surface area contributed by atoms with Crippen molar-refractivity contribution >= 4 is 5.91 Å². The summed E-state index contributed by atoms with van der Waals surface area (Å²) in [7, 11) is 0. The molecule has 0 bridgehead atoms. The quantitative estimate of drug-likeness (QED) is 0.822. The monoisotopic (exact) mass is 339 g/mol. The van der Waals surface area contributed by atoms with Crippen LogP contribution in [0.15, 0.2) is 24.4 Å². The molecule has 2 unspecified atom stereocenters. The Balaban J connectivity index is 2.07. The number of rotatable bonds is 5. The third-order valence-electron chi connectivity index (χ3n) is 4.37. The SMILES string of the molecule is N#CCCN(Cc1ccccn1)C(=O)C1CCCC(C(F)(F)F)C1. The number of carbonyl (C=O) groups excluding carboxylic acids is 1. The van der Waals surface area contributed by atoms with Gasteiger partial charge >= 0.3 is 6.18 Å². The minimum atomic E-state index is -4.25. The predicted molar refractivity (Wildman–Crippen MR) is 81.4 cm³/mol. The molecular weight excluding hydrogens is 319 g/mol. The molecule has 4 nitrogen and oxygen atoms in total. The van der Waals surface area contributed by atoms with Crippen molar-refractivity contribution in [3.63, 3.8) is 0 Å². The van der Waals surface area contributed by atoms with E-state index in [9.17, 15) is 18.0 Å². The summed E-state index contributed by atoms with van der Waals surface area (Å²) < 4.78 is 38.9. The first-order valence-corrected chi connectivity index (χ1v) is 8.04. The molecule has 1 amide bonds. The lowest BCUT2D eigenvalue weighted by Crippen LogP contribution is -2.40. The minimum absolute atomic E-state index is 0.0890. The number of amides is 1. The highest BCUT2D eigenvalue weighted by Gasteiger charge is 2.44. The van der Waals surface area contributed by atoms with E-state index in [1.54, 1.807) is 24.4 Å². The van der Waals surface area contributed by atoms with Gasteiger partial charge in [0.1, 0.15) is 0 Å². The first-order chi connectivity index (χ1) is 11.4. The van der Waals surface area contributed by atoms with E-state index in [2.05, 4.69) is 4.98 Å². The van der Waals surface area contributed by atoms with Crippen LogP contribution in [-0.4, -0.2) is 28.5 Å². The van der Waals surface area contributed by atoms with E-state index < -0.39 is 18.0 Å². The number of hydrogen-bond donors (Lipinski definition) is 0. The van der Waals surface area contributed by atoms with Gasteiger partial charge in [0, 0.05) is 18.7 Å². The van der Waals surface area contributed by atoms with Gasteiger partial charge in [-0.15, -0.1) is 0 Å². The Hall–Kier alpha value is -2.10. The fourth-order valence-corrected chi connectivity index (χ4v) is 3.11. The number of hydrogen-bond acceptors (Lipinski definition) is 3. The van der Waals surface area contributed by atoms with Gasteiger partial charge in [0.15, 0.2) is 0 Å². The number of aromatic nitrogens is 1. The van der Waals surface area contributed by atoms with Crippen molar-refractivity contribution in [2.24, 2.45) is 11.8 Å². The van der Waals surface area contributed by atoms with E-state index in [1.165, 1.54) is 4.90 Å². The normalized spacial score (nSPS) is 21.1. The smallest absolute Gasteiger partial charge is 0.336 e. The molecule has 1 aromatic rings. The van der Waals surface area contributed by atoms with Gasteiger partial charge in [-0.1, -0.05) is 12.5 Å². The maximum Gasteiger partial charge on any atom is 0.391 e. The Bertz CT molecular complexity index is 583. The zero-order chi connectivity index (χ0) is 17.6. The molecule has 1 saturated carbocycles. The second-order valence-corrected chi connectivity index (χ2v) is 6.09. The van der Waals surface area contributed by atoms with Crippen LogP contribution in [0.3, 0.4) is 0 Å². The average molecular weight is 339 g/mol. The first-order valence-electron chi connectivity index (χ1n) is 8.04. The van der Waals surface area contributed by atoms with Crippen LogP contribution in [0, 0.1) is 23.2 Å². The third kappa shape index (κ3) is 4.95. The molecular formula is C17H20F3N3O. The van der Waals surface area contributed by atoms with Gasteiger partial charge in [-0.3, -0.25) is 9.78 Å². The van der Waals surface area contributed by atoms with E-state index in [4.69, 9.17) is 5.26 Å². The average Bonchev–Trinajstić information content (AvgIpc) is 2.58. The predicted octanol–water partition coefficient (Wildman–Crippen LogP) is 3.69. The second kappa shape index (κ2) is 8.13. The van der Waals surface area contributed by atoms with Gasteiger partial charge < -0.3 is 4.90 Å². The van der Waals surface area contributed by atoms with Crippen molar-refractivity contribution in [2.75, 3.05) is 6.54 Å². The molecule has 2 rings (SSSR count). The largest absolute Gasteiger partial charge is 0.391 e. The summed E-state index contributed by atoms with van der Waals surface area (Å²) in [5.74, 6) is -2.34. The fourth-order valence-electron chi connectivity index (χ4n) is 3.11. The van der Waals surface area contributed by atoms with Crippen molar-refractivity contribution in [1.82, 2.24) is 9.88 Å². The van der Waals surface area contributed by atoms with Gasteiger partial charge in [-0.05, 0) is 31.4 Å². The second-order valence-electron chi connectivity index (χ2n) is 6.09. The van der Waals surface area contributed by atoms with E-state index in [0.29, 0.717) is 18.5 Å². The molecule has 1 aromatic heterocycles. The highest BCUT2D eigenvalue weighted by atomic mass is 19.4. The lowest BCUT2D eigenvalue weighted by Gasteiger charge is -2.33. The summed E-state index contributed by atoms with van der Waals surface area (Å²) in [5, 5.41) is 8.77.